The van der Waals surface area contributed by atoms with Crippen LogP contribution in [0, 0.1) is 0 Å². The largest absolute Gasteiger partial charge is 0.493 e. The van der Waals surface area contributed by atoms with Gasteiger partial charge in [-0.2, -0.15) is 0 Å². The summed E-state index contributed by atoms with van der Waals surface area (Å²) in [5, 5.41) is 2.68. The summed E-state index contributed by atoms with van der Waals surface area (Å²) >= 11 is 1.76. The topological polar surface area (TPSA) is 77.1 Å². The molecular formula is C24H30N2O5S. The van der Waals surface area contributed by atoms with E-state index in [4.69, 9.17) is 14.2 Å². The van der Waals surface area contributed by atoms with E-state index in [1.807, 2.05) is 48.2 Å². The third-order valence-corrected chi connectivity index (χ3v) is 6.22. The first-order valence-electron chi connectivity index (χ1n) is 10.7. The average molecular weight is 459 g/mol. The molecule has 0 saturated carbocycles. The normalized spacial score (nSPS) is 15.9. The Labute approximate surface area is 193 Å². The van der Waals surface area contributed by atoms with Crippen molar-refractivity contribution in [2.24, 2.45) is 0 Å². The number of methoxy groups -OCH3 is 1. The van der Waals surface area contributed by atoms with Crippen LogP contribution in [0.2, 0.25) is 0 Å². The van der Waals surface area contributed by atoms with Gasteiger partial charge in [0.2, 0.25) is 11.8 Å². The first-order valence-corrected chi connectivity index (χ1v) is 11.8. The molecule has 32 heavy (non-hydrogen) atoms. The van der Waals surface area contributed by atoms with E-state index in [2.05, 4.69) is 5.32 Å². The maximum absolute atomic E-state index is 12.7. The molecule has 1 heterocycles. The number of benzene rings is 2. The van der Waals surface area contributed by atoms with Gasteiger partial charge in [0.05, 0.1) is 20.3 Å². The van der Waals surface area contributed by atoms with E-state index in [1.165, 1.54) is 6.92 Å². The second-order valence-corrected chi connectivity index (χ2v) is 8.50. The highest BCUT2D eigenvalue weighted by atomic mass is 32.2. The molecule has 7 nitrogen and oxygen atoms in total. The minimum absolute atomic E-state index is 0.0653. The van der Waals surface area contributed by atoms with Crippen LogP contribution in [-0.4, -0.2) is 49.3 Å². The second kappa shape index (κ2) is 11.7. The number of anilines is 1. The molecule has 0 aliphatic carbocycles. The molecule has 172 valence electrons. The predicted molar refractivity (Wildman–Crippen MR) is 127 cm³/mol. The zero-order valence-corrected chi connectivity index (χ0v) is 19.6. The minimum Gasteiger partial charge on any atom is -0.493 e. The van der Waals surface area contributed by atoms with E-state index in [1.54, 1.807) is 24.9 Å². The number of carbonyl (C=O) groups is 2. The molecule has 8 heteroatoms. The quantitative estimate of drug-likeness (QED) is 0.529. The number of thioether (sulfide) groups is 1. The Hall–Kier alpha value is -2.87. The highest BCUT2D eigenvalue weighted by molar-refractivity contribution is 7.99. The van der Waals surface area contributed by atoms with Crippen molar-refractivity contribution in [2.45, 2.75) is 32.1 Å². The van der Waals surface area contributed by atoms with Gasteiger partial charge in [-0.15, -0.1) is 11.8 Å². The van der Waals surface area contributed by atoms with Gasteiger partial charge in [0.15, 0.2) is 11.5 Å². The number of hydrogen-bond acceptors (Lipinski definition) is 6. The van der Waals surface area contributed by atoms with Gasteiger partial charge in [0.25, 0.3) is 0 Å². The maximum Gasteiger partial charge on any atom is 0.224 e. The minimum atomic E-state index is -0.125. The summed E-state index contributed by atoms with van der Waals surface area (Å²) in [4.78, 5) is 25.8. The Kier molecular flexibility index (Phi) is 8.67. The summed E-state index contributed by atoms with van der Waals surface area (Å²) in [6, 6.07) is 13.1. The van der Waals surface area contributed by atoms with Crippen molar-refractivity contribution in [2.75, 3.05) is 37.9 Å². The van der Waals surface area contributed by atoms with Crippen molar-refractivity contribution >= 4 is 29.3 Å². The van der Waals surface area contributed by atoms with Gasteiger partial charge < -0.3 is 24.4 Å². The van der Waals surface area contributed by atoms with E-state index in [9.17, 15) is 9.59 Å². The number of carbonyl (C=O) groups excluding carboxylic acids is 2. The Morgan fingerprint density at radius 2 is 2.03 bits per heavy atom. The van der Waals surface area contributed by atoms with Crippen LogP contribution in [0.25, 0.3) is 0 Å². The number of ether oxygens (including phenoxy) is 3. The van der Waals surface area contributed by atoms with Crippen LogP contribution in [0.1, 0.15) is 37.6 Å². The molecule has 2 amide bonds. The monoisotopic (exact) mass is 458 g/mol. The summed E-state index contributed by atoms with van der Waals surface area (Å²) in [7, 11) is 1.62. The number of hydrogen-bond donors (Lipinski definition) is 1. The molecule has 1 N–H and O–H groups in total. The molecule has 1 aliphatic rings. The lowest BCUT2D eigenvalue weighted by atomic mass is 10.1. The Bertz CT molecular complexity index is 936. The van der Waals surface area contributed by atoms with Crippen molar-refractivity contribution < 1.29 is 23.8 Å². The van der Waals surface area contributed by atoms with E-state index in [0.29, 0.717) is 55.5 Å². The number of amides is 2. The number of rotatable bonds is 10. The van der Waals surface area contributed by atoms with Crippen LogP contribution < -0.4 is 19.5 Å². The predicted octanol–water partition coefficient (Wildman–Crippen LogP) is 4.49. The molecule has 0 radical (unpaired) electrons. The smallest absolute Gasteiger partial charge is 0.224 e. The average Bonchev–Trinajstić information content (AvgIpc) is 2.77. The van der Waals surface area contributed by atoms with Crippen LogP contribution in [0.4, 0.5) is 5.69 Å². The molecule has 0 aromatic heterocycles. The Morgan fingerprint density at radius 1 is 1.19 bits per heavy atom. The van der Waals surface area contributed by atoms with Crippen molar-refractivity contribution in [3.05, 3.63) is 48.0 Å². The fraction of sp³-hybridized carbons (Fsp3) is 0.417. The third kappa shape index (κ3) is 6.32. The SMILES string of the molecule is CCOc1cc(C2SCCC(=O)N2CCCOc2cccc(NC(C)=O)c2)ccc1OC. The zero-order valence-electron chi connectivity index (χ0n) is 18.8. The number of nitrogens with one attached hydrogen (secondary N) is 1. The van der Waals surface area contributed by atoms with Gasteiger partial charge in [-0.05, 0) is 43.2 Å². The van der Waals surface area contributed by atoms with Crippen LogP contribution in [-0.2, 0) is 9.59 Å². The lowest BCUT2D eigenvalue weighted by Crippen LogP contribution is -2.38. The summed E-state index contributed by atoms with van der Waals surface area (Å²) in [6.07, 6.45) is 1.23. The van der Waals surface area contributed by atoms with Crippen molar-refractivity contribution in [1.29, 1.82) is 0 Å². The van der Waals surface area contributed by atoms with Gasteiger partial charge in [0.1, 0.15) is 11.1 Å². The molecule has 2 aromatic carbocycles. The lowest BCUT2D eigenvalue weighted by Gasteiger charge is -2.35. The molecule has 0 bridgehead atoms. The van der Waals surface area contributed by atoms with Gasteiger partial charge >= 0.3 is 0 Å². The second-order valence-electron chi connectivity index (χ2n) is 7.31. The summed E-state index contributed by atoms with van der Waals surface area (Å²) in [6.45, 7) is 5.01. The maximum atomic E-state index is 12.7. The molecule has 0 spiro atoms. The molecule has 3 rings (SSSR count). The standard InChI is InChI=1S/C24H30N2O5S/c1-4-30-22-15-18(9-10-21(22)29-3)24-26(23(28)11-14-32-24)12-6-13-31-20-8-5-7-19(16-20)25-17(2)27/h5,7-10,15-16,24H,4,6,11-14H2,1-3H3,(H,25,27). The Balaban J connectivity index is 1.62. The van der Waals surface area contributed by atoms with Crippen LogP contribution in [0.15, 0.2) is 42.5 Å². The number of nitrogens with zero attached hydrogens (tertiary/aromatic N) is 1. The zero-order chi connectivity index (χ0) is 22.9. The molecule has 1 atom stereocenters. The van der Waals surface area contributed by atoms with Gasteiger partial charge in [-0.3, -0.25) is 9.59 Å². The molecule has 1 aliphatic heterocycles. The van der Waals surface area contributed by atoms with Crippen LogP contribution >= 0.6 is 11.8 Å². The first-order chi connectivity index (χ1) is 15.5. The van der Waals surface area contributed by atoms with Gasteiger partial charge in [0, 0.05) is 37.4 Å². The fourth-order valence-electron chi connectivity index (χ4n) is 3.55. The lowest BCUT2D eigenvalue weighted by molar-refractivity contribution is -0.132. The van der Waals surface area contributed by atoms with E-state index in [0.717, 1.165) is 11.3 Å². The van der Waals surface area contributed by atoms with Crippen molar-refractivity contribution in [1.82, 2.24) is 4.90 Å². The molecular weight excluding hydrogens is 428 g/mol. The first kappa shape index (κ1) is 23.8. The van der Waals surface area contributed by atoms with Gasteiger partial charge in [-0.1, -0.05) is 12.1 Å². The molecule has 1 unspecified atom stereocenters. The van der Waals surface area contributed by atoms with Crippen LogP contribution in [0.3, 0.4) is 0 Å². The molecule has 1 saturated heterocycles. The van der Waals surface area contributed by atoms with Crippen LogP contribution in [0.5, 0.6) is 17.2 Å². The molecule has 2 aromatic rings. The fourth-order valence-corrected chi connectivity index (χ4v) is 4.81. The third-order valence-electron chi connectivity index (χ3n) is 4.93. The summed E-state index contributed by atoms with van der Waals surface area (Å²) < 4.78 is 17.0. The van der Waals surface area contributed by atoms with E-state index < -0.39 is 0 Å². The van der Waals surface area contributed by atoms with E-state index in [-0.39, 0.29) is 17.2 Å². The van der Waals surface area contributed by atoms with Crippen molar-refractivity contribution in [3.8, 4) is 17.2 Å². The highest BCUT2D eigenvalue weighted by Crippen LogP contribution is 2.40. The van der Waals surface area contributed by atoms with Crippen molar-refractivity contribution in [3.63, 3.8) is 0 Å². The summed E-state index contributed by atoms with van der Waals surface area (Å²) in [5.74, 6) is 2.87. The van der Waals surface area contributed by atoms with Gasteiger partial charge in [-0.25, -0.2) is 0 Å². The molecule has 1 fully saturated rings. The summed E-state index contributed by atoms with van der Waals surface area (Å²) in [5.41, 5.74) is 1.72. The van der Waals surface area contributed by atoms with E-state index >= 15 is 0 Å². The highest BCUT2D eigenvalue weighted by Gasteiger charge is 2.30. The Morgan fingerprint density at radius 3 is 2.78 bits per heavy atom.